The Hall–Kier alpha value is -0.860. The lowest BCUT2D eigenvalue weighted by atomic mass is 10.2. The van der Waals surface area contributed by atoms with E-state index in [1.807, 2.05) is 0 Å². The van der Waals surface area contributed by atoms with Crippen molar-refractivity contribution < 1.29 is 23.1 Å². The summed E-state index contributed by atoms with van der Waals surface area (Å²) >= 11 is 0. The van der Waals surface area contributed by atoms with Gasteiger partial charge in [-0.15, -0.1) is 0 Å². The molecule has 3 N–H and O–H groups in total. The summed E-state index contributed by atoms with van der Waals surface area (Å²) in [6.07, 6.45) is -3.74. The van der Waals surface area contributed by atoms with Gasteiger partial charge in [0.1, 0.15) is 0 Å². The van der Waals surface area contributed by atoms with E-state index in [1.54, 1.807) is 0 Å². The van der Waals surface area contributed by atoms with Crippen LogP contribution in [0, 0.1) is 0 Å². The normalized spacial score (nSPS) is 25.4. The minimum atomic E-state index is -5.08. The van der Waals surface area contributed by atoms with Crippen LogP contribution in [0.3, 0.4) is 0 Å². The lowest BCUT2D eigenvalue weighted by Gasteiger charge is -2.32. The largest absolute Gasteiger partial charge is 0.490 e. The average molecular weight is 269 g/mol. The van der Waals surface area contributed by atoms with Gasteiger partial charge in [0.25, 0.3) is 0 Å². The Labute approximate surface area is 103 Å². The Balaban J connectivity index is 0.000000203. The highest BCUT2D eigenvalue weighted by molar-refractivity contribution is 5.73. The summed E-state index contributed by atoms with van der Waals surface area (Å²) in [6.45, 7) is 7.26. The number of halogens is 3. The van der Waals surface area contributed by atoms with Gasteiger partial charge in [0, 0.05) is 38.8 Å². The fourth-order valence-corrected chi connectivity index (χ4v) is 2.00. The van der Waals surface area contributed by atoms with Crippen LogP contribution in [0.5, 0.6) is 0 Å². The van der Waals surface area contributed by atoms with Crippen molar-refractivity contribution in [2.75, 3.05) is 39.3 Å². The van der Waals surface area contributed by atoms with E-state index in [9.17, 15) is 13.2 Å². The Morgan fingerprint density at radius 1 is 1.17 bits per heavy atom. The molecule has 8 heteroatoms. The smallest absolute Gasteiger partial charge is 0.475 e. The van der Waals surface area contributed by atoms with Crippen molar-refractivity contribution in [1.29, 1.82) is 0 Å². The fourth-order valence-electron chi connectivity index (χ4n) is 2.00. The van der Waals surface area contributed by atoms with E-state index in [0.717, 1.165) is 6.04 Å². The maximum atomic E-state index is 10.6. The summed E-state index contributed by atoms with van der Waals surface area (Å²) in [5.41, 5.74) is 0. The van der Waals surface area contributed by atoms with Gasteiger partial charge in [-0.05, 0) is 13.0 Å². The minimum Gasteiger partial charge on any atom is -0.475 e. The number of aliphatic carboxylic acids is 1. The molecule has 2 aliphatic rings. The molecule has 1 unspecified atom stereocenters. The Kier molecular flexibility index (Phi) is 5.83. The third-order valence-electron chi connectivity index (χ3n) is 2.94. The third-order valence-corrected chi connectivity index (χ3v) is 2.94. The molecule has 2 saturated heterocycles. The molecule has 2 aliphatic heterocycles. The van der Waals surface area contributed by atoms with Gasteiger partial charge in [0.15, 0.2) is 0 Å². The van der Waals surface area contributed by atoms with E-state index >= 15 is 0 Å². The predicted octanol–water partition coefficient (Wildman–Crippen LogP) is -0.113. The van der Waals surface area contributed by atoms with Crippen molar-refractivity contribution in [2.45, 2.75) is 18.6 Å². The van der Waals surface area contributed by atoms with Crippen molar-refractivity contribution in [3.05, 3.63) is 0 Å². The second-order valence-electron chi connectivity index (χ2n) is 4.24. The molecule has 0 bridgehead atoms. The van der Waals surface area contributed by atoms with Gasteiger partial charge in [-0.25, -0.2) is 4.79 Å². The number of carboxylic acid groups (broad SMARTS) is 1. The Morgan fingerprint density at radius 3 is 2.11 bits per heavy atom. The maximum absolute atomic E-state index is 10.6. The van der Waals surface area contributed by atoms with Crippen LogP contribution in [0.15, 0.2) is 0 Å². The number of carboxylic acids is 1. The Morgan fingerprint density at radius 2 is 1.72 bits per heavy atom. The van der Waals surface area contributed by atoms with E-state index in [-0.39, 0.29) is 0 Å². The SMILES string of the molecule is C1CN(C2CCNC2)CCN1.O=C(O)C(F)(F)F. The van der Waals surface area contributed by atoms with Crippen LogP contribution in [0.2, 0.25) is 0 Å². The zero-order chi connectivity index (χ0) is 13.6. The number of alkyl halides is 3. The zero-order valence-electron chi connectivity index (χ0n) is 9.96. The fraction of sp³-hybridized carbons (Fsp3) is 0.900. The standard InChI is InChI=1S/C8H17N3.C2HF3O2/c1-2-10-7-8(1)11-5-3-9-4-6-11;3-2(4,5)1(6)7/h8-10H,1-7H2;(H,6,7). The lowest BCUT2D eigenvalue weighted by molar-refractivity contribution is -0.192. The van der Waals surface area contributed by atoms with Crippen LogP contribution in [0.1, 0.15) is 6.42 Å². The molecule has 0 radical (unpaired) electrons. The quantitative estimate of drug-likeness (QED) is 0.620. The molecule has 0 amide bonds. The summed E-state index contributed by atoms with van der Waals surface area (Å²) in [7, 11) is 0. The van der Waals surface area contributed by atoms with Crippen LogP contribution in [0.25, 0.3) is 0 Å². The van der Waals surface area contributed by atoms with Crippen LogP contribution in [0.4, 0.5) is 13.2 Å². The van der Waals surface area contributed by atoms with Gasteiger partial charge in [-0.2, -0.15) is 13.2 Å². The highest BCUT2D eigenvalue weighted by atomic mass is 19.4. The van der Waals surface area contributed by atoms with Gasteiger partial charge >= 0.3 is 12.1 Å². The first kappa shape index (κ1) is 15.2. The van der Waals surface area contributed by atoms with Crippen molar-refractivity contribution >= 4 is 5.97 Å². The number of hydrogen-bond acceptors (Lipinski definition) is 4. The molecule has 106 valence electrons. The second-order valence-corrected chi connectivity index (χ2v) is 4.24. The summed E-state index contributed by atoms with van der Waals surface area (Å²) in [5, 5.41) is 13.9. The highest BCUT2D eigenvalue weighted by Gasteiger charge is 2.38. The Bertz CT molecular complexity index is 262. The van der Waals surface area contributed by atoms with Gasteiger partial charge < -0.3 is 15.7 Å². The molecule has 2 heterocycles. The predicted molar refractivity (Wildman–Crippen MR) is 59.4 cm³/mol. The number of rotatable bonds is 1. The van der Waals surface area contributed by atoms with E-state index in [1.165, 1.54) is 45.7 Å². The van der Waals surface area contributed by atoms with E-state index in [0.29, 0.717) is 0 Å². The van der Waals surface area contributed by atoms with Gasteiger partial charge in [0.05, 0.1) is 0 Å². The first-order chi connectivity index (χ1) is 8.41. The van der Waals surface area contributed by atoms with Crippen molar-refractivity contribution in [3.8, 4) is 0 Å². The first-order valence-corrected chi connectivity index (χ1v) is 5.87. The van der Waals surface area contributed by atoms with E-state index < -0.39 is 12.1 Å². The summed E-state index contributed by atoms with van der Waals surface area (Å²) in [4.78, 5) is 11.5. The maximum Gasteiger partial charge on any atom is 0.490 e. The van der Waals surface area contributed by atoms with Gasteiger partial charge in [-0.1, -0.05) is 0 Å². The summed E-state index contributed by atoms with van der Waals surface area (Å²) in [6, 6.07) is 0.831. The first-order valence-electron chi connectivity index (χ1n) is 5.87. The molecule has 0 aromatic heterocycles. The molecule has 0 aromatic carbocycles. The zero-order valence-corrected chi connectivity index (χ0v) is 9.96. The van der Waals surface area contributed by atoms with Crippen molar-refractivity contribution in [3.63, 3.8) is 0 Å². The van der Waals surface area contributed by atoms with Crippen LogP contribution in [-0.4, -0.2) is 67.5 Å². The number of piperazine rings is 1. The van der Waals surface area contributed by atoms with Gasteiger partial charge in [0.2, 0.25) is 0 Å². The number of nitrogens with one attached hydrogen (secondary N) is 2. The molecule has 0 aromatic rings. The molecule has 18 heavy (non-hydrogen) atoms. The molecule has 0 spiro atoms. The van der Waals surface area contributed by atoms with Crippen LogP contribution >= 0.6 is 0 Å². The topological polar surface area (TPSA) is 64.6 Å². The van der Waals surface area contributed by atoms with E-state index in [2.05, 4.69) is 15.5 Å². The van der Waals surface area contributed by atoms with E-state index in [4.69, 9.17) is 9.90 Å². The number of hydrogen-bond donors (Lipinski definition) is 3. The molecule has 2 rings (SSSR count). The summed E-state index contributed by atoms with van der Waals surface area (Å²) < 4.78 is 31.7. The van der Waals surface area contributed by atoms with Crippen molar-refractivity contribution in [2.24, 2.45) is 0 Å². The molecule has 5 nitrogen and oxygen atoms in total. The highest BCUT2D eigenvalue weighted by Crippen LogP contribution is 2.13. The second kappa shape index (κ2) is 6.91. The number of nitrogens with zero attached hydrogens (tertiary/aromatic N) is 1. The summed E-state index contributed by atoms with van der Waals surface area (Å²) in [5.74, 6) is -2.76. The van der Waals surface area contributed by atoms with Crippen LogP contribution in [-0.2, 0) is 4.79 Å². The average Bonchev–Trinajstić information content (AvgIpc) is 2.83. The monoisotopic (exact) mass is 269 g/mol. The molecule has 2 fully saturated rings. The van der Waals surface area contributed by atoms with Crippen LogP contribution < -0.4 is 10.6 Å². The number of carbonyl (C=O) groups is 1. The molecule has 0 aliphatic carbocycles. The molecule has 0 saturated carbocycles. The molecular weight excluding hydrogens is 251 g/mol. The third kappa shape index (κ3) is 5.19. The molecule has 1 atom stereocenters. The van der Waals surface area contributed by atoms with Crippen molar-refractivity contribution in [1.82, 2.24) is 15.5 Å². The lowest BCUT2D eigenvalue weighted by Crippen LogP contribution is -2.49. The minimum absolute atomic E-state index is 0.831. The molecular formula is C10H18F3N3O2. The van der Waals surface area contributed by atoms with Gasteiger partial charge in [-0.3, -0.25) is 4.90 Å².